The summed E-state index contributed by atoms with van der Waals surface area (Å²) in [5.41, 5.74) is -3.47. The highest BCUT2D eigenvalue weighted by molar-refractivity contribution is 7.16. The number of halogens is 3. The van der Waals surface area contributed by atoms with Crippen LogP contribution in [-0.2, 0) is 16.6 Å². The average Bonchev–Trinajstić information content (AvgIpc) is 2.95. The molecule has 29 heavy (non-hydrogen) atoms. The van der Waals surface area contributed by atoms with Crippen molar-refractivity contribution in [3.05, 3.63) is 52.5 Å². The number of nitriles is 1. The van der Waals surface area contributed by atoms with E-state index in [2.05, 4.69) is 16.8 Å². The van der Waals surface area contributed by atoms with E-state index in [1.54, 1.807) is 35.9 Å². The van der Waals surface area contributed by atoms with E-state index in [1.165, 1.54) is 13.0 Å². The number of thiazole rings is 1. The highest BCUT2D eigenvalue weighted by Gasteiger charge is 2.50. The molecular formula is C18H12F3N5O2S. The predicted octanol–water partition coefficient (Wildman–Crippen LogP) is 2.78. The zero-order chi connectivity index (χ0) is 21.5. The van der Waals surface area contributed by atoms with Crippen molar-refractivity contribution in [3.8, 4) is 6.07 Å². The number of alkyl halides is 3. The van der Waals surface area contributed by atoms with Gasteiger partial charge in [0.1, 0.15) is 17.2 Å². The van der Waals surface area contributed by atoms with Crippen LogP contribution in [0.2, 0.25) is 0 Å². The summed E-state index contributed by atoms with van der Waals surface area (Å²) in [6.45, 7) is 4.67. The third-order valence-corrected chi connectivity index (χ3v) is 5.14. The Kier molecular flexibility index (Phi) is 4.98. The third-order valence-electron chi connectivity index (χ3n) is 4.04. The summed E-state index contributed by atoms with van der Waals surface area (Å²) in [4.78, 5) is 25.4. The number of benzene rings is 1. The zero-order valence-corrected chi connectivity index (χ0v) is 15.9. The highest BCUT2D eigenvalue weighted by Crippen LogP contribution is 2.34. The van der Waals surface area contributed by atoms with Crippen LogP contribution in [0.3, 0.4) is 0 Å². The maximum atomic E-state index is 13.6. The molecule has 0 fully saturated rings. The van der Waals surface area contributed by atoms with Crippen molar-refractivity contribution in [2.45, 2.75) is 13.1 Å². The van der Waals surface area contributed by atoms with Gasteiger partial charge in [-0.1, -0.05) is 30.0 Å². The van der Waals surface area contributed by atoms with Crippen molar-refractivity contribution in [2.75, 3.05) is 0 Å². The number of imide groups is 1. The molecule has 148 valence electrons. The van der Waals surface area contributed by atoms with Gasteiger partial charge in [0.05, 0.1) is 10.2 Å². The van der Waals surface area contributed by atoms with E-state index in [4.69, 9.17) is 5.26 Å². The molecule has 1 aromatic carbocycles. The van der Waals surface area contributed by atoms with E-state index in [0.29, 0.717) is 4.90 Å². The number of nitrogens with zero attached hydrogens (tertiary/aromatic N) is 5. The minimum atomic E-state index is -5.16. The second-order valence-corrected chi connectivity index (χ2v) is 7.01. The number of carbonyl (C=O) groups excluding carboxylic acids is 2. The Morgan fingerprint density at radius 1 is 1.21 bits per heavy atom. The first-order valence-electron chi connectivity index (χ1n) is 8.00. The Morgan fingerprint density at radius 2 is 1.86 bits per heavy atom. The molecule has 2 amide bonds. The number of allylic oxidation sites excluding steroid dienone is 1. The minimum absolute atomic E-state index is 0.144. The number of para-hydroxylation sites is 1. The molecule has 3 rings (SSSR count). The van der Waals surface area contributed by atoms with Gasteiger partial charge in [0.2, 0.25) is 4.80 Å². The Morgan fingerprint density at radius 3 is 2.41 bits per heavy atom. The Hall–Kier alpha value is -3.52. The normalized spacial score (nSPS) is 17.4. The number of aromatic nitrogens is 1. The lowest BCUT2D eigenvalue weighted by molar-refractivity contribution is -0.138. The molecule has 1 aromatic heterocycles. The number of amides is 2. The molecule has 0 bridgehead atoms. The number of fused-ring (bicyclic) bond motifs is 1. The first-order chi connectivity index (χ1) is 13.6. The maximum Gasteiger partial charge on any atom is 0.420 e. The van der Waals surface area contributed by atoms with Crippen LogP contribution in [0.25, 0.3) is 10.2 Å². The van der Waals surface area contributed by atoms with Gasteiger partial charge in [0.25, 0.3) is 11.8 Å². The van der Waals surface area contributed by atoms with Crippen LogP contribution in [-0.4, -0.2) is 33.2 Å². The smallest absolute Gasteiger partial charge is 0.318 e. The summed E-state index contributed by atoms with van der Waals surface area (Å²) in [6, 6.07) is 8.40. The number of aryl methyl sites for hydroxylation is 1. The molecule has 2 aromatic rings. The molecule has 1 aliphatic heterocycles. The topological polar surface area (TPSA) is 90.8 Å². The number of rotatable bonds is 2. The van der Waals surface area contributed by atoms with E-state index in [1.807, 2.05) is 0 Å². The molecule has 11 heteroatoms. The molecule has 7 nitrogen and oxygen atoms in total. The molecule has 0 unspecified atom stereocenters. The predicted molar refractivity (Wildman–Crippen MR) is 99.2 cm³/mol. The molecule has 0 radical (unpaired) electrons. The van der Waals surface area contributed by atoms with Gasteiger partial charge in [-0.05, 0) is 19.1 Å². The van der Waals surface area contributed by atoms with Crippen molar-refractivity contribution < 1.29 is 22.8 Å². The third kappa shape index (κ3) is 3.38. The van der Waals surface area contributed by atoms with Crippen LogP contribution in [0.4, 0.5) is 13.2 Å². The van der Waals surface area contributed by atoms with Crippen LogP contribution in [0.15, 0.2) is 57.9 Å². The fourth-order valence-corrected chi connectivity index (χ4v) is 3.70. The summed E-state index contributed by atoms with van der Waals surface area (Å²) >= 11 is 1.15. The number of hydrogen-bond donors (Lipinski definition) is 0. The van der Waals surface area contributed by atoms with Crippen LogP contribution in [0, 0.1) is 11.3 Å². The van der Waals surface area contributed by atoms with Crippen molar-refractivity contribution in [2.24, 2.45) is 17.3 Å². The summed E-state index contributed by atoms with van der Waals surface area (Å²) in [5, 5.41) is 16.5. The van der Waals surface area contributed by atoms with E-state index in [-0.39, 0.29) is 10.5 Å². The lowest BCUT2D eigenvalue weighted by atomic mass is 9.96. The van der Waals surface area contributed by atoms with Gasteiger partial charge in [-0.25, -0.2) is 4.90 Å². The maximum absolute atomic E-state index is 13.6. The van der Waals surface area contributed by atoms with Crippen molar-refractivity contribution in [1.82, 2.24) is 9.47 Å². The second-order valence-electron chi connectivity index (χ2n) is 6.00. The molecular weight excluding hydrogens is 407 g/mol. The SMILES string of the molecule is C=C(C)N1C(=O)C(=NN=c2sc3ccccc3n2C)C(C(F)(F)F)=C(C#N)C1=O. The van der Waals surface area contributed by atoms with Gasteiger partial charge < -0.3 is 4.57 Å². The molecule has 0 aliphatic carbocycles. The summed E-state index contributed by atoms with van der Waals surface area (Å²) < 4.78 is 43.2. The summed E-state index contributed by atoms with van der Waals surface area (Å²) in [7, 11) is 1.64. The number of hydrogen-bond acceptors (Lipinski definition) is 6. The molecule has 0 saturated heterocycles. The monoisotopic (exact) mass is 419 g/mol. The Balaban J connectivity index is 2.31. The highest BCUT2D eigenvalue weighted by atomic mass is 32.1. The van der Waals surface area contributed by atoms with E-state index in [9.17, 15) is 22.8 Å². The van der Waals surface area contributed by atoms with Crippen LogP contribution < -0.4 is 4.80 Å². The fourth-order valence-electron chi connectivity index (χ4n) is 2.73. The van der Waals surface area contributed by atoms with E-state index >= 15 is 0 Å². The molecule has 0 saturated carbocycles. The van der Waals surface area contributed by atoms with Gasteiger partial charge in [-0.15, -0.1) is 10.2 Å². The average molecular weight is 419 g/mol. The largest absolute Gasteiger partial charge is 0.420 e. The van der Waals surface area contributed by atoms with Crippen LogP contribution >= 0.6 is 11.3 Å². The number of carbonyl (C=O) groups is 2. The molecule has 0 spiro atoms. The lowest BCUT2D eigenvalue weighted by Gasteiger charge is -2.27. The summed E-state index contributed by atoms with van der Waals surface area (Å²) in [6.07, 6.45) is -5.16. The Bertz CT molecular complexity index is 1240. The first-order valence-corrected chi connectivity index (χ1v) is 8.82. The van der Waals surface area contributed by atoms with Gasteiger partial charge in [-0.3, -0.25) is 9.59 Å². The van der Waals surface area contributed by atoms with Crippen molar-refractivity contribution >= 4 is 39.1 Å². The van der Waals surface area contributed by atoms with Crippen LogP contribution in [0.5, 0.6) is 0 Å². The molecule has 2 heterocycles. The van der Waals surface area contributed by atoms with Gasteiger partial charge in [0.15, 0.2) is 5.71 Å². The molecule has 0 atom stereocenters. The Labute approximate surface area is 166 Å². The molecule has 0 N–H and O–H groups in total. The first kappa shape index (κ1) is 20.2. The van der Waals surface area contributed by atoms with Crippen molar-refractivity contribution in [3.63, 3.8) is 0 Å². The van der Waals surface area contributed by atoms with E-state index < -0.39 is 34.8 Å². The zero-order valence-electron chi connectivity index (χ0n) is 15.1. The van der Waals surface area contributed by atoms with Gasteiger partial charge in [-0.2, -0.15) is 18.4 Å². The van der Waals surface area contributed by atoms with Crippen LogP contribution in [0.1, 0.15) is 6.92 Å². The second kappa shape index (κ2) is 7.14. The fraction of sp³-hybridized carbons (Fsp3) is 0.167. The molecule has 1 aliphatic rings. The lowest BCUT2D eigenvalue weighted by Crippen LogP contribution is -2.48. The van der Waals surface area contributed by atoms with Crippen molar-refractivity contribution in [1.29, 1.82) is 5.26 Å². The quantitative estimate of drug-likeness (QED) is 0.554. The standard InChI is InChI=1S/C18H12F3N5O2S/c1-9(2)26-15(27)10(8-22)13(18(19,20)21)14(16(26)28)23-24-17-25(3)11-6-4-5-7-12(11)29-17/h4-7H,1H2,2-3H3. The summed E-state index contributed by atoms with van der Waals surface area (Å²) in [5.74, 6) is -2.75. The van der Waals surface area contributed by atoms with E-state index in [0.717, 1.165) is 21.6 Å². The van der Waals surface area contributed by atoms with Gasteiger partial charge in [0, 0.05) is 12.7 Å². The minimum Gasteiger partial charge on any atom is -0.318 e. The van der Waals surface area contributed by atoms with Gasteiger partial charge >= 0.3 is 6.18 Å².